The number of hydrogen-bond acceptors (Lipinski definition) is 3. The zero-order chi connectivity index (χ0) is 11.5. The fraction of sp³-hybridized carbons (Fsp3) is 1.00. The number of rotatable bonds is 5. The second-order valence-electron chi connectivity index (χ2n) is 4.79. The highest BCUT2D eigenvalue weighted by Crippen LogP contribution is 2.28. The Morgan fingerprint density at radius 2 is 2.00 bits per heavy atom. The Morgan fingerprint density at radius 3 is 2.53 bits per heavy atom. The van der Waals surface area contributed by atoms with E-state index in [0.717, 1.165) is 6.42 Å². The quantitative estimate of drug-likeness (QED) is 0.784. The summed E-state index contributed by atoms with van der Waals surface area (Å²) in [4.78, 5) is 0. The van der Waals surface area contributed by atoms with Crippen LogP contribution in [0.3, 0.4) is 0 Å². The second-order valence-corrected chi connectivity index (χ2v) is 7.47. The van der Waals surface area contributed by atoms with Crippen LogP contribution in [0.4, 0.5) is 0 Å². The molecule has 0 spiro atoms. The first kappa shape index (κ1) is 13.0. The summed E-state index contributed by atoms with van der Waals surface area (Å²) in [5.41, 5.74) is 0. The minimum atomic E-state index is -2.85. The number of hydrogen-bond donors (Lipinski definition) is 1. The van der Waals surface area contributed by atoms with Gasteiger partial charge in [-0.3, -0.25) is 0 Å². The van der Waals surface area contributed by atoms with E-state index in [1.165, 1.54) is 19.3 Å². The van der Waals surface area contributed by atoms with E-state index in [2.05, 4.69) is 5.32 Å². The first-order valence-electron chi connectivity index (χ1n) is 5.86. The summed E-state index contributed by atoms with van der Waals surface area (Å²) in [5, 5.41) is 3.05. The fourth-order valence-electron chi connectivity index (χ4n) is 2.31. The molecule has 4 heteroatoms. The molecule has 1 aliphatic rings. The first-order valence-corrected chi connectivity index (χ1v) is 7.57. The van der Waals surface area contributed by atoms with Crippen LogP contribution in [0.1, 0.15) is 39.5 Å². The van der Waals surface area contributed by atoms with Crippen LogP contribution in [0.15, 0.2) is 0 Å². The Bertz CT molecular complexity index is 285. The molecule has 1 N–H and O–H groups in total. The average Bonchev–Trinajstić information content (AvgIpc) is 2.61. The monoisotopic (exact) mass is 233 g/mol. The molecular formula is C11H23NO2S. The SMILES string of the molecule is CNC1CCCC1CCS(=O)(=O)C(C)C. The molecule has 1 rings (SSSR count). The summed E-state index contributed by atoms with van der Waals surface area (Å²) in [5.74, 6) is 0.913. The van der Waals surface area contributed by atoms with E-state index in [0.29, 0.717) is 17.7 Å². The third-order valence-corrected chi connectivity index (χ3v) is 5.76. The van der Waals surface area contributed by atoms with E-state index in [1.54, 1.807) is 13.8 Å². The third-order valence-electron chi connectivity index (χ3n) is 3.52. The predicted molar refractivity (Wildman–Crippen MR) is 63.7 cm³/mol. The lowest BCUT2D eigenvalue weighted by Gasteiger charge is -2.19. The van der Waals surface area contributed by atoms with Gasteiger partial charge in [-0.25, -0.2) is 8.42 Å². The molecule has 2 atom stereocenters. The van der Waals surface area contributed by atoms with Gasteiger partial charge in [0.05, 0.1) is 11.0 Å². The minimum Gasteiger partial charge on any atom is -0.317 e. The van der Waals surface area contributed by atoms with Crippen molar-refractivity contribution in [2.24, 2.45) is 5.92 Å². The van der Waals surface area contributed by atoms with Gasteiger partial charge in [0.1, 0.15) is 0 Å². The molecule has 0 saturated heterocycles. The molecule has 0 heterocycles. The lowest BCUT2D eigenvalue weighted by Crippen LogP contribution is -2.30. The van der Waals surface area contributed by atoms with E-state index < -0.39 is 9.84 Å². The molecule has 1 saturated carbocycles. The van der Waals surface area contributed by atoms with Crippen LogP contribution in [-0.2, 0) is 9.84 Å². The summed E-state index contributed by atoms with van der Waals surface area (Å²) in [7, 11) is -0.873. The summed E-state index contributed by atoms with van der Waals surface area (Å²) < 4.78 is 23.3. The standard InChI is InChI=1S/C11H23NO2S/c1-9(2)15(13,14)8-7-10-5-4-6-11(10)12-3/h9-12H,4-8H2,1-3H3. The molecule has 2 unspecified atom stereocenters. The largest absolute Gasteiger partial charge is 0.317 e. The van der Waals surface area contributed by atoms with Crippen molar-refractivity contribution >= 4 is 9.84 Å². The molecule has 1 aliphatic carbocycles. The number of nitrogens with one attached hydrogen (secondary N) is 1. The van der Waals surface area contributed by atoms with Crippen molar-refractivity contribution in [2.45, 2.75) is 50.8 Å². The van der Waals surface area contributed by atoms with Crippen molar-refractivity contribution in [2.75, 3.05) is 12.8 Å². The van der Waals surface area contributed by atoms with E-state index in [-0.39, 0.29) is 5.25 Å². The molecule has 0 aliphatic heterocycles. The molecule has 3 nitrogen and oxygen atoms in total. The zero-order valence-electron chi connectivity index (χ0n) is 9.99. The smallest absolute Gasteiger partial charge is 0.152 e. The van der Waals surface area contributed by atoms with Crippen molar-refractivity contribution in [3.8, 4) is 0 Å². The molecule has 0 amide bonds. The van der Waals surface area contributed by atoms with Gasteiger partial charge >= 0.3 is 0 Å². The Hall–Kier alpha value is -0.0900. The molecule has 0 bridgehead atoms. The van der Waals surface area contributed by atoms with Gasteiger partial charge in [0.15, 0.2) is 9.84 Å². The lowest BCUT2D eigenvalue weighted by molar-refractivity contribution is 0.413. The van der Waals surface area contributed by atoms with Gasteiger partial charge in [0.25, 0.3) is 0 Å². The van der Waals surface area contributed by atoms with Gasteiger partial charge in [-0.15, -0.1) is 0 Å². The van der Waals surface area contributed by atoms with Gasteiger partial charge in [-0.2, -0.15) is 0 Å². The molecule has 0 aromatic carbocycles. The van der Waals surface area contributed by atoms with E-state index >= 15 is 0 Å². The summed E-state index contributed by atoms with van der Waals surface area (Å²) in [6.07, 6.45) is 4.44. The molecule has 90 valence electrons. The van der Waals surface area contributed by atoms with Crippen LogP contribution in [-0.4, -0.2) is 32.5 Å². The van der Waals surface area contributed by atoms with E-state index in [9.17, 15) is 8.42 Å². The molecule has 0 aromatic heterocycles. The lowest BCUT2D eigenvalue weighted by atomic mass is 10.0. The number of sulfone groups is 1. The van der Waals surface area contributed by atoms with Crippen LogP contribution in [0.2, 0.25) is 0 Å². The highest BCUT2D eigenvalue weighted by molar-refractivity contribution is 7.91. The van der Waals surface area contributed by atoms with Gasteiger partial charge in [0, 0.05) is 6.04 Å². The molecule has 15 heavy (non-hydrogen) atoms. The van der Waals surface area contributed by atoms with E-state index in [4.69, 9.17) is 0 Å². The zero-order valence-corrected chi connectivity index (χ0v) is 10.8. The minimum absolute atomic E-state index is 0.230. The molecule has 0 aromatic rings. The van der Waals surface area contributed by atoms with Crippen molar-refractivity contribution in [1.29, 1.82) is 0 Å². The van der Waals surface area contributed by atoms with Gasteiger partial charge in [-0.05, 0) is 46.1 Å². The molecule has 0 radical (unpaired) electrons. The highest BCUT2D eigenvalue weighted by atomic mass is 32.2. The normalized spacial score (nSPS) is 27.5. The summed E-state index contributed by atoms with van der Waals surface area (Å²) in [6, 6.07) is 0.535. The van der Waals surface area contributed by atoms with Crippen molar-refractivity contribution in [3.05, 3.63) is 0 Å². The van der Waals surface area contributed by atoms with Crippen molar-refractivity contribution in [1.82, 2.24) is 5.32 Å². The van der Waals surface area contributed by atoms with Crippen LogP contribution in [0.5, 0.6) is 0 Å². The Balaban J connectivity index is 2.43. The Labute approximate surface area is 93.6 Å². The van der Waals surface area contributed by atoms with Crippen molar-refractivity contribution in [3.63, 3.8) is 0 Å². The highest BCUT2D eigenvalue weighted by Gasteiger charge is 2.27. The third kappa shape index (κ3) is 3.45. The maximum Gasteiger partial charge on any atom is 0.152 e. The van der Waals surface area contributed by atoms with Crippen LogP contribution >= 0.6 is 0 Å². The van der Waals surface area contributed by atoms with Crippen LogP contribution < -0.4 is 5.32 Å². The van der Waals surface area contributed by atoms with Crippen LogP contribution in [0.25, 0.3) is 0 Å². The Kier molecular flexibility index (Phi) is 4.59. The fourth-order valence-corrected chi connectivity index (χ4v) is 3.42. The maximum absolute atomic E-state index is 11.7. The maximum atomic E-state index is 11.7. The predicted octanol–water partition coefficient (Wildman–Crippen LogP) is 1.59. The second kappa shape index (κ2) is 5.30. The molecule has 1 fully saturated rings. The van der Waals surface area contributed by atoms with Crippen LogP contribution in [0, 0.1) is 5.92 Å². The molecular weight excluding hydrogens is 210 g/mol. The summed E-state index contributed by atoms with van der Waals surface area (Å²) >= 11 is 0. The van der Waals surface area contributed by atoms with Gasteiger partial charge in [0.2, 0.25) is 0 Å². The average molecular weight is 233 g/mol. The summed E-state index contributed by atoms with van der Waals surface area (Å²) in [6.45, 7) is 3.53. The van der Waals surface area contributed by atoms with Gasteiger partial charge < -0.3 is 5.32 Å². The topological polar surface area (TPSA) is 46.2 Å². The van der Waals surface area contributed by atoms with Gasteiger partial charge in [-0.1, -0.05) is 6.42 Å². The van der Waals surface area contributed by atoms with Crippen molar-refractivity contribution < 1.29 is 8.42 Å². The first-order chi connectivity index (χ1) is 6.97. The van der Waals surface area contributed by atoms with E-state index in [1.807, 2.05) is 7.05 Å². The Morgan fingerprint density at radius 1 is 1.33 bits per heavy atom.